The van der Waals surface area contributed by atoms with Crippen LogP contribution in [0.3, 0.4) is 0 Å². The molecular formula is C33H35NO6. The van der Waals surface area contributed by atoms with Crippen LogP contribution in [0.15, 0.2) is 72.3 Å². The predicted octanol–water partition coefficient (Wildman–Crippen LogP) is 5.86. The van der Waals surface area contributed by atoms with Gasteiger partial charge >= 0.3 is 0 Å². The molecule has 2 aliphatic rings. The van der Waals surface area contributed by atoms with E-state index in [4.69, 9.17) is 14.2 Å². The molecule has 1 fully saturated rings. The van der Waals surface area contributed by atoms with Crippen LogP contribution in [-0.4, -0.2) is 48.1 Å². The van der Waals surface area contributed by atoms with Crippen molar-refractivity contribution < 1.29 is 28.9 Å². The molecule has 2 aliphatic heterocycles. The fourth-order valence-electron chi connectivity index (χ4n) is 5.38. The molecule has 1 N–H and O–H groups in total. The van der Waals surface area contributed by atoms with Gasteiger partial charge in [-0.3, -0.25) is 9.59 Å². The van der Waals surface area contributed by atoms with Crippen molar-refractivity contribution in [3.8, 4) is 17.2 Å². The van der Waals surface area contributed by atoms with E-state index < -0.39 is 17.7 Å². The van der Waals surface area contributed by atoms with Crippen LogP contribution in [-0.2, 0) is 22.4 Å². The zero-order chi connectivity index (χ0) is 28.2. The number of nitrogens with zero attached hydrogens (tertiary/aromatic N) is 1. The van der Waals surface area contributed by atoms with Crippen LogP contribution in [0.25, 0.3) is 5.76 Å². The van der Waals surface area contributed by atoms with E-state index in [9.17, 15) is 14.7 Å². The van der Waals surface area contributed by atoms with Gasteiger partial charge in [0.15, 0.2) is 11.5 Å². The smallest absolute Gasteiger partial charge is 0.295 e. The summed E-state index contributed by atoms with van der Waals surface area (Å²) in [5, 5.41) is 11.5. The molecule has 0 aliphatic carbocycles. The molecule has 2 unspecified atom stereocenters. The number of hydrogen-bond donors (Lipinski definition) is 1. The van der Waals surface area contributed by atoms with E-state index in [0.717, 1.165) is 29.7 Å². The molecule has 0 spiro atoms. The minimum Gasteiger partial charge on any atom is -0.507 e. The number of unbranched alkanes of at least 4 members (excludes halogenated alkanes) is 1. The Kier molecular flexibility index (Phi) is 8.10. The first kappa shape index (κ1) is 27.3. The van der Waals surface area contributed by atoms with E-state index in [1.54, 1.807) is 36.3 Å². The van der Waals surface area contributed by atoms with Crippen molar-refractivity contribution in [3.05, 3.63) is 94.6 Å². The second-order valence-corrected chi connectivity index (χ2v) is 10.3. The molecule has 7 heteroatoms. The van der Waals surface area contributed by atoms with Crippen molar-refractivity contribution in [1.82, 2.24) is 4.90 Å². The van der Waals surface area contributed by atoms with E-state index >= 15 is 0 Å². The number of aliphatic hydroxyl groups excluding tert-OH is 1. The first-order chi connectivity index (χ1) is 19.4. The van der Waals surface area contributed by atoms with Gasteiger partial charge in [-0.1, -0.05) is 49.7 Å². The standard InChI is InChI=1S/C33H35NO6/c1-4-5-17-39-27-14-11-23(20-28(27)38-3)30-29(31(35)24-12-13-26-25(19-24)18-21(2)40-26)32(36)33(37)34(30)16-15-22-9-7-6-8-10-22/h6-14,19-21,30,35H,4-5,15-18H2,1-3H3. The van der Waals surface area contributed by atoms with Crippen LogP contribution < -0.4 is 14.2 Å². The maximum atomic E-state index is 13.5. The SMILES string of the molecule is CCCCOc1ccc(C2C(=C(O)c3ccc4c(c3)CC(C)O4)C(=O)C(=O)N2CCc2ccccc2)cc1OC. The van der Waals surface area contributed by atoms with Gasteiger partial charge in [0.05, 0.1) is 25.3 Å². The number of rotatable bonds is 10. The third-order valence-electron chi connectivity index (χ3n) is 7.45. The molecule has 7 nitrogen and oxygen atoms in total. The fourth-order valence-corrected chi connectivity index (χ4v) is 5.38. The second-order valence-electron chi connectivity index (χ2n) is 10.3. The minimum absolute atomic E-state index is 0.0430. The Morgan fingerprint density at radius 1 is 1.05 bits per heavy atom. The van der Waals surface area contributed by atoms with Crippen LogP contribution in [0.5, 0.6) is 17.2 Å². The maximum absolute atomic E-state index is 13.5. The third kappa shape index (κ3) is 5.41. The second kappa shape index (κ2) is 11.9. The van der Waals surface area contributed by atoms with Gasteiger partial charge in [-0.15, -0.1) is 0 Å². The molecule has 40 heavy (non-hydrogen) atoms. The number of likely N-dealkylation sites (tertiary alicyclic amines) is 1. The van der Waals surface area contributed by atoms with E-state index in [0.29, 0.717) is 48.6 Å². The summed E-state index contributed by atoms with van der Waals surface area (Å²) in [7, 11) is 1.56. The van der Waals surface area contributed by atoms with Crippen LogP contribution in [0.2, 0.25) is 0 Å². The highest BCUT2D eigenvalue weighted by molar-refractivity contribution is 6.46. The van der Waals surface area contributed by atoms with Crippen LogP contribution in [0.4, 0.5) is 0 Å². The molecule has 0 bridgehead atoms. The van der Waals surface area contributed by atoms with Gasteiger partial charge in [-0.05, 0) is 66.8 Å². The topological polar surface area (TPSA) is 85.3 Å². The Morgan fingerprint density at radius 2 is 1.85 bits per heavy atom. The number of hydrogen-bond acceptors (Lipinski definition) is 6. The highest BCUT2D eigenvalue weighted by Gasteiger charge is 2.46. The molecule has 3 aromatic rings. The van der Waals surface area contributed by atoms with E-state index in [2.05, 4.69) is 6.92 Å². The monoisotopic (exact) mass is 541 g/mol. The molecule has 0 radical (unpaired) electrons. The van der Waals surface area contributed by atoms with Gasteiger partial charge in [0.2, 0.25) is 0 Å². The summed E-state index contributed by atoms with van der Waals surface area (Å²) in [5.41, 5.74) is 3.21. The Labute approximate surface area is 235 Å². The average Bonchev–Trinajstić information content (AvgIpc) is 3.47. The van der Waals surface area contributed by atoms with Crippen molar-refractivity contribution in [1.29, 1.82) is 0 Å². The molecule has 5 rings (SSSR count). The summed E-state index contributed by atoms with van der Waals surface area (Å²) in [5.74, 6) is 0.327. The number of benzene rings is 3. The number of methoxy groups -OCH3 is 1. The molecule has 1 saturated heterocycles. The maximum Gasteiger partial charge on any atom is 0.295 e. The lowest BCUT2D eigenvalue weighted by Crippen LogP contribution is -2.31. The van der Waals surface area contributed by atoms with Crippen molar-refractivity contribution in [2.24, 2.45) is 0 Å². The molecule has 208 valence electrons. The van der Waals surface area contributed by atoms with Crippen molar-refractivity contribution in [2.45, 2.75) is 51.7 Å². The number of amides is 1. The molecule has 0 saturated carbocycles. The highest BCUT2D eigenvalue weighted by Crippen LogP contribution is 2.43. The summed E-state index contributed by atoms with van der Waals surface area (Å²) in [6.07, 6.45) is 3.23. The molecule has 2 heterocycles. The van der Waals surface area contributed by atoms with Gasteiger partial charge < -0.3 is 24.2 Å². The molecular weight excluding hydrogens is 506 g/mol. The Bertz CT molecular complexity index is 1430. The zero-order valence-electron chi connectivity index (χ0n) is 23.2. The largest absolute Gasteiger partial charge is 0.507 e. The summed E-state index contributed by atoms with van der Waals surface area (Å²) in [6, 6.07) is 19.8. The first-order valence-corrected chi connectivity index (χ1v) is 13.8. The lowest BCUT2D eigenvalue weighted by atomic mass is 9.94. The van der Waals surface area contributed by atoms with Gasteiger partial charge in [0, 0.05) is 18.5 Å². The number of fused-ring (bicyclic) bond motifs is 1. The highest BCUT2D eigenvalue weighted by atomic mass is 16.5. The zero-order valence-corrected chi connectivity index (χ0v) is 23.2. The number of ketones is 1. The van der Waals surface area contributed by atoms with Gasteiger partial charge in [-0.2, -0.15) is 0 Å². The number of ether oxygens (including phenoxy) is 3. The van der Waals surface area contributed by atoms with Gasteiger partial charge in [0.1, 0.15) is 17.6 Å². The number of carbonyl (C=O) groups is 2. The number of Topliss-reactive ketones (excluding diaryl/α,β-unsaturated/α-hetero) is 1. The third-order valence-corrected chi connectivity index (χ3v) is 7.45. The lowest BCUT2D eigenvalue weighted by molar-refractivity contribution is -0.139. The van der Waals surface area contributed by atoms with Crippen molar-refractivity contribution in [2.75, 3.05) is 20.3 Å². The molecule has 0 aromatic heterocycles. The van der Waals surface area contributed by atoms with E-state index in [1.807, 2.05) is 49.4 Å². The van der Waals surface area contributed by atoms with Crippen LogP contribution in [0.1, 0.15) is 55.0 Å². The summed E-state index contributed by atoms with van der Waals surface area (Å²) >= 11 is 0. The van der Waals surface area contributed by atoms with Crippen LogP contribution >= 0.6 is 0 Å². The Hall–Kier alpha value is -4.26. The Balaban J connectivity index is 1.57. The summed E-state index contributed by atoms with van der Waals surface area (Å²) < 4.78 is 17.3. The lowest BCUT2D eigenvalue weighted by Gasteiger charge is -2.26. The van der Waals surface area contributed by atoms with Gasteiger partial charge in [0.25, 0.3) is 11.7 Å². The van der Waals surface area contributed by atoms with Gasteiger partial charge in [-0.25, -0.2) is 0 Å². The Morgan fingerprint density at radius 3 is 2.60 bits per heavy atom. The number of aliphatic hydroxyl groups is 1. The molecule has 2 atom stereocenters. The van der Waals surface area contributed by atoms with Crippen molar-refractivity contribution in [3.63, 3.8) is 0 Å². The summed E-state index contributed by atoms with van der Waals surface area (Å²) in [4.78, 5) is 28.5. The minimum atomic E-state index is -0.786. The summed E-state index contributed by atoms with van der Waals surface area (Å²) in [6.45, 7) is 4.95. The molecule has 3 aromatic carbocycles. The predicted molar refractivity (Wildman–Crippen MR) is 153 cm³/mol. The van der Waals surface area contributed by atoms with Crippen molar-refractivity contribution >= 4 is 17.4 Å². The van der Waals surface area contributed by atoms with Crippen LogP contribution in [0, 0.1) is 0 Å². The first-order valence-electron chi connectivity index (χ1n) is 13.8. The normalized spacial score (nSPS) is 19.4. The van der Waals surface area contributed by atoms with E-state index in [1.165, 1.54) is 0 Å². The van der Waals surface area contributed by atoms with E-state index in [-0.39, 0.29) is 17.4 Å². The molecule has 1 amide bonds. The average molecular weight is 542 g/mol. The quantitative estimate of drug-likeness (QED) is 0.150. The fraction of sp³-hybridized carbons (Fsp3) is 0.333. The number of carbonyl (C=O) groups excluding carboxylic acids is 2.